The highest BCUT2D eigenvalue weighted by molar-refractivity contribution is 9.10. The fraction of sp³-hybridized carbons (Fsp3) is 0.231. The number of thioether (sulfide) groups is 1. The number of hydrogen-bond acceptors (Lipinski definition) is 5. The van der Waals surface area contributed by atoms with Gasteiger partial charge in [-0.25, -0.2) is 4.98 Å². The van der Waals surface area contributed by atoms with Gasteiger partial charge in [-0.2, -0.15) is 18.2 Å². The van der Waals surface area contributed by atoms with E-state index in [1.807, 2.05) is 6.92 Å². The number of rotatable bonds is 4. The zero-order valence-corrected chi connectivity index (χ0v) is 13.7. The SMILES string of the molecule is Cc1cc(Oc2ccnc(SCC(F)(F)F)n2)c(Br)cc1N. The molecule has 0 bridgehead atoms. The monoisotopic (exact) mass is 393 g/mol. The Hall–Kier alpha value is -1.48. The lowest BCUT2D eigenvalue weighted by atomic mass is 10.2. The van der Waals surface area contributed by atoms with Gasteiger partial charge >= 0.3 is 6.18 Å². The lowest BCUT2D eigenvalue weighted by molar-refractivity contribution is -0.105. The van der Waals surface area contributed by atoms with Crippen LogP contribution in [-0.4, -0.2) is 21.9 Å². The number of anilines is 1. The van der Waals surface area contributed by atoms with Crippen molar-refractivity contribution in [2.24, 2.45) is 0 Å². The van der Waals surface area contributed by atoms with Crippen LogP contribution in [0.4, 0.5) is 18.9 Å². The van der Waals surface area contributed by atoms with Gasteiger partial charge in [0, 0.05) is 18.0 Å². The van der Waals surface area contributed by atoms with E-state index >= 15 is 0 Å². The van der Waals surface area contributed by atoms with E-state index in [1.54, 1.807) is 12.1 Å². The number of nitrogens with two attached hydrogens (primary N) is 1. The summed E-state index contributed by atoms with van der Waals surface area (Å²) in [6.45, 7) is 1.82. The summed E-state index contributed by atoms with van der Waals surface area (Å²) in [6, 6.07) is 4.87. The zero-order chi connectivity index (χ0) is 16.3. The molecule has 9 heteroatoms. The molecule has 22 heavy (non-hydrogen) atoms. The van der Waals surface area contributed by atoms with Crippen LogP contribution in [-0.2, 0) is 0 Å². The molecule has 1 heterocycles. The van der Waals surface area contributed by atoms with Gasteiger partial charge in [0.2, 0.25) is 5.88 Å². The van der Waals surface area contributed by atoms with Crippen molar-refractivity contribution in [3.8, 4) is 11.6 Å². The predicted molar refractivity (Wildman–Crippen MR) is 82.2 cm³/mol. The van der Waals surface area contributed by atoms with Crippen molar-refractivity contribution < 1.29 is 17.9 Å². The first-order valence-electron chi connectivity index (χ1n) is 6.00. The molecule has 0 amide bonds. The van der Waals surface area contributed by atoms with E-state index < -0.39 is 11.9 Å². The van der Waals surface area contributed by atoms with Crippen LogP contribution in [0.5, 0.6) is 11.6 Å². The van der Waals surface area contributed by atoms with Crippen LogP contribution in [0.1, 0.15) is 5.56 Å². The maximum Gasteiger partial charge on any atom is 0.398 e. The van der Waals surface area contributed by atoms with Crippen LogP contribution >= 0.6 is 27.7 Å². The van der Waals surface area contributed by atoms with Crippen molar-refractivity contribution in [2.45, 2.75) is 18.3 Å². The van der Waals surface area contributed by atoms with Crippen LogP contribution in [0.15, 0.2) is 34.0 Å². The molecule has 0 fully saturated rings. The molecule has 2 N–H and O–H groups in total. The van der Waals surface area contributed by atoms with E-state index in [1.165, 1.54) is 12.3 Å². The van der Waals surface area contributed by atoms with Crippen molar-refractivity contribution in [1.82, 2.24) is 9.97 Å². The fourth-order valence-corrected chi connectivity index (χ4v) is 2.48. The standard InChI is InChI=1S/C13H11BrF3N3OS/c1-7-4-10(8(14)5-9(7)18)21-11-2-3-19-12(20-11)22-6-13(15,16)17/h2-5H,6,18H2,1H3. The second-order valence-corrected chi connectivity index (χ2v) is 6.12. The number of nitrogen functional groups attached to an aromatic ring is 1. The topological polar surface area (TPSA) is 61.0 Å². The fourth-order valence-electron chi connectivity index (χ4n) is 1.46. The first-order valence-corrected chi connectivity index (χ1v) is 7.78. The first kappa shape index (κ1) is 16.9. The van der Waals surface area contributed by atoms with E-state index in [0.29, 0.717) is 27.7 Å². The Morgan fingerprint density at radius 3 is 2.77 bits per heavy atom. The van der Waals surface area contributed by atoms with E-state index in [-0.39, 0.29) is 11.0 Å². The summed E-state index contributed by atoms with van der Waals surface area (Å²) in [7, 11) is 0. The van der Waals surface area contributed by atoms with Crippen molar-refractivity contribution in [1.29, 1.82) is 0 Å². The van der Waals surface area contributed by atoms with Gasteiger partial charge in [0.25, 0.3) is 0 Å². The second kappa shape index (κ2) is 6.74. The molecular weight excluding hydrogens is 383 g/mol. The number of benzene rings is 1. The third kappa shape index (κ3) is 4.77. The molecule has 0 saturated heterocycles. The second-order valence-electron chi connectivity index (χ2n) is 4.32. The summed E-state index contributed by atoms with van der Waals surface area (Å²) >= 11 is 3.81. The van der Waals surface area contributed by atoms with E-state index in [9.17, 15) is 13.2 Å². The Labute approximate surface area is 137 Å². The first-order chi connectivity index (χ1) is 10.2. The molecular formula is C13H11BrF3N3OS. The van der Waals surface area contributed by atoms with Gasteiger partial charge < -0.3 is 10.5 Å². The lowest BCUT2D eigenvalue weighted by Gasteiger charge is -2.10. The molecule has 0 aliphatic heterocycles. The molecule has 1 aromatic carbocycles. The lowest BCUT2D eigenvalue weighted by Crippen LogP contribution is -2.11. The number of ether oxygens (including phenoxy) is 1. The molecule has 2 aromatic rings. The van der Waals surface area contributed by atoms with Crippen molar-refractivity contribution in [2.75, 3.05) is 11.5 Å². The molecule has 2 rings (SSSR count). The average molecular weight is 394 g/mol. The molecule has 4 nitrogen and oxygen atoms in total. The minimum absolute atomic E-state index is 0.00175. The summed E-state index contributed by atoms with van der Waals surface area (Å²) in [5.74, 6) is -0.428. The highest BCUT2D eigenvalue weighted by atomic mass is 79.9. The van der Waals surface area contributed by atoms with Crippen LogP contribution in [0.3, 0.4) is 0 Å². The maximum atomic E-state index is 12.2. The largest absolute Gasteiger partial charge is 0.438 e. The van der Waals surface area contributed by atoms with Crippen molar-refractivity contribution in [3.05, 3.63) is 34.4 Å². The van der Waals surface area contributed by atoms with Crippen LogP contribution in [0.2, 0.25) is 0 Å². The Kier molecular flexibility index (Phi) is 5.17. The maximum absolute atomic E-state index is 12.2. The average Bonchev–Trinajstić information content (AvgIpc) is 2.42. The molecule has 0 aliphatic carbocycles. The van der Waals surface area contributed by atoms with Gasteiger partial charge in [-0.3, -0.25) is 0 Å². The van der Waals surface area contributed by atoms with Gasteiger partial charge in [0.1, 0.15) is 5.75 Å². The number of hydrogen-bond donors (Lipinski definition) is 1. The van der Waals surface area contributed by atoms with Gasteiger partial charge in [-0.05, 0) is 40.5 Å². The number of alkyl halides is 3. The molecule has 0 aliphatic rings. The third-order valence-corrected chi connectivity index (χ3v) is 4.05. The van der Waals surface area contributed by atoms with Crippen molar-refractivity contribution in [3.63, 3.8) is 0 Å². The van der Waals surface area contributed by atoms with Gasteiger partial charge in [-0.1, -0.05) is 11.8 Å². The summed E-state index contributed by atoms with van der Waals surface area (Å²) < 4.78 is 42.8. The number of halogens is 4. The number of nitrogens with zero attached hydrogens (tertiary/aromatic N) is 2. The number of aryl methyl sites for hydroxylation is 1. The zero-order valence-electron chi connectivity index (χ0n) is 11.3. The minimum Gasteiger partial charge on any atom is -0.438 e. The summed E-state index contributed by atoms with van der Waals surface area (Å²) in [5, 5.41) is -0.00175. The summed E-state index contributed by atoms with van der Waals surface area (Å²) in [4.78, 5) is 7.72. The smallest absolute Gasteiger partial charge is 0.398 e. The number of aromatic nitrogens is 2. The van der Waals surface area contributed by atoms with Crippen LogP contribution in [0, 0.1) is 6.92 Å². The van der Waals surface area contributed by atoms with Crippen LogP contribution < -0.4 is 10.5 Å². The van der Waals surface area contributed by atoms with Crippen LogP contribution in [0.25, 0.3) is 0 Å². The molecule has 0 unspecified atom stereocenters. The van der Waals surface area contributed by atoms with Gasteiger partial charge in [0.05, 0.1) is 10.2 Å². The molecule has 0 atom stereocenters. The summed E-state index contributed by atoms with van der Waals surface area (Å²) in [5.41, 5.74) is 7.19. The summed E-state index contributed by atoms with van der Waals surface area (Å²) in [6.07, 6.45) is -2.93. The Morgan fingerprint density at radius 1 is 1.36 bits per heavy atom. The third-order valence-electron chi connectivity index (χ3n) is 2.51. The molecule has 118 valence electrons. The Balaban J connectivity index is 2.15. The predicted octanol–water partition coefficient (Wildman–Crippen LogP) is 4.58. The van der Waals surface area contributed by atoms with Crippen molar-refractivity contribution >= 4 is 33.4 Å². The van der Waals surface area contributed by atoms with Gasteiger partial charge in [-0.15, -0.1) is 0 Å². The minimum atomic E-state index is -4.28. The van der Waals surface area contributed by atoms with Gasteiger partial charge in [0.15, 0.2) is 5.16 Å². The van der Waals surface area contributed by atoms with E-state index in [0.717, 1.165) is 5.56 Å². The molecule has 1 aromatic heterocycles. The normalized spacial score (nSPS) is 11.5. The van der Waals surface area contributed by atoms with E-state index in [2.05, 4.69) is 25.9 Å². The highest BCUT2D eigenvalue weighted by Gasteiger charge is 2.28. The Morgan fingerprint density at radius 2 is 2.09 bits per heavy atom. The van der Waals surface area contributed by atoms with E-state index in [4.69, 9.17) is 10.5 Å². The molecule has 0 spiro atoms. The molecule has 0 radical (unpaired) electrons. The molecule has 0 saturated carbocycles. The Bertz CT molecular complexity index is 682. The highest BCUT2D eigenvalue weighted by Crippen LogP contribution is 2.33. The quantitative estimate of drug-likeness (QED) is 0.468.